The first-order chi connectivity index (χ1) is 7.18. The highest BCUT2D eigenvalue weighted by atomic mass is 16.1. The third-order valence-corrected chi connectivity index (χ3v) is 5.03. The molecule has 3 saturated carbocycles. The molecule has 84 valence electrons. The van der Waals surface area contributed by atoms with Crippen molar-refractivity contribution >= 4 is 5.78 Å². The Morgan fingerprint density at radius 3 is 2.67 bits per heavy atom. The van der Waals surface area contributed by atoms with Gasteiger partial charge in [-0.25, -0.2) is 0 Å². The molecule has 15 heavy (non-hydrogen) atoms. The molecule has 0 aromatic heterocycles. The van der Waals surface area contributed by atoms with E-state index >= 15 is 0 Å². The Bertz CT molecular complexity index is 286. The van der Waals surface area contributed by atoms with Gasteiger partial charge in [0.05, 0.1) is 0 Å². The molecule has 0 saturated heterocycles. The smallest absolute Gasteiger partial charge is 0.140 e. The van der Waals surface area contributed by atoms with Gasteiger partial charge < -0.3 is 4.90 Å². The Morgan fingerprint density at radius 1 is 1.20 bits per heavy atom. The average Bonchev–Trinajstić information content (AvgIpc) is 2.77. The number of carbonyl (C=O) groups excluding carboxylic acids is 1. The molecule has 2 heteroatoms. The van der Waals surface area contributed by atoms with Crippen molar-refractivity contribution in [3.05, 3.63) is 0 Å². The summed E-state index contributed by atoms with van der Waals surface area (Å²) in [5.41, 5.74) is 0. The summed E-state index contributed by atoms with van der Waals surface area (Å²) < 4.78 is 0. The van der Waals surface area contributed by atoms with E-state index in [-0.39, 0.29) is 0 Å². The van der Waals surface area contributed by atoms with Gasteiger partial charge in [0, 0.05) is 18.4 Å². The lowest BCUT2D eigenvalue weighted by Gasteiger charge is -2.31. The summed E-state index contributed by atoms with van der Waals surface area (Å²) in [4.78, 5) is 14.4. The predicted octanol–water partition coefficient (Wildman–Crippen LogP) is 1.80. The number of rotatable bonds is 2. The molecular weight excluding hydrogens is 186 g/mol. The first kappa shape index (κ1) is 9.83. The van der Waals surface area contributed by atoms with Crippen LogP contribution in [0.3, 0.4) is 0 Å². The van der Waals surface area contributed by atoms with Crippen LogP contribution in [0.4, 0.5) is 0 Å². The highest BCUT2D eigenvalue weighted by Crippen LogP contribution is 2.59. The molecule has 0 N–H and O–H groups in total. The quantitative estimate of drug-likeness (QED) is 0.688. The van der Waals surface area contributed by atoms with Crippen LogP contribution in [-0.2, 0) is 4.79 Å². The van der Waals surface area contributed by atoms with Crippen LogP contribution in [0.15, 0.2) is 0 Å². The molecular formula is C13H21NO. The SMILES string of the molecule is CN(C)C[C@H]1C(=O)[C@@H]2C[C@@H]1[C@H]1CCC[C@@H]12. The van der Waals surface area contributed by atoms with Crippen molar-refractivity contribution in [3.63, 3.8) is 0 Å². The van der Waals surface area contributed by atoms with E-state index in [0.29, 0.717) is 17.6 Å². The zero-order valence-corrected chi connectivity index (χ0v) is 9.78. The van der Waals surface area contributed by atoms with Crippen LogP contribution in [0.2, 0.25) is 0 Å². The summed E-state index contributed by atoms with van der Waals surface area (Å²) in [5.74, 6) is 3.91. The number of ketones is 1. The molecule has 0 aromatic rings. The van der Waals surface area contributed by atoms with Crippen LogP contribution in [0.1, 0.15) is 25.7 Å². The molecule has 3 aliphatic rings. The van der Waals surface area contributed by atoms with Gasteiger partial charge in [0.1, 0.15) is 5.78 Å². The lowest BCUT2D eigenvalue weighted by molar-refractivity contribution is -0.129. The van der Waals surface area contributed by atoms with Crippen LogP contribution >= 0.6 is 0 Å². The Kier molecular flexibility index (Phi) is 2.17. The van der Waals surface area contributed by atoms with Crippen molar-refractivity contribution in [2.75, 3.05) is 20.6 Å². The first-order valence-electron chi connectivity index (χ1n) is 6.37. The maximum atomic E-state index is 12.2. The molecule has 0 unspecified atom stereocenters. The van der Waals surface area contributed by atoms with Crippen molar-refractivity contribution in [1.29, 1.82) is 0 Å². The number of Topliss-reactive ketones (excluding diaryl/α,β-unsaturated/α-hetero) is 1. The van der Waals surface area contributed by atoms with E-state index in [1.54, 1.807) is 0 Å². The second kappa shape index (κ2) is 3.31. The minimum atomic E-state index is 0.379. The Balaban J connectivity index is 1.81. The van der Waals surface area contributed by atoms with E-state index < -0.39 is 0 Å². The average molecular weight is 207 g/mol. The van der Waals surface area contributed by atoms with Crippen molar-refractivity contribution in [1.82, 2.24) is 4.90 Å². The fourth-order valence-corrected chi connectivity index (χ4v) is 4.59. The van der Waals surface area contributed by atoms with Gasteiger partial charge in [0.25, 0.3) is 0 Å². The summed E-state index contributed by atoms with van der Waals surface area (Å²) in [5, 5.41) is 0. The highest BCUT2D eigenvalue weighted by molar-refractivity contribution is 5.87. The molecule has 3 fully saturated rings. The Hall–Kier alpha value is -0.370. The van der Waals surface area contributed by atoms with Crippen LogP contribution in [0, 0.1) is 29.6 Å². The fraction of sp³-hybridized carbons (Fsp3) is 0.923. The normalized spacial score (nSPS) is 47.9. The van der Waals surface area contributed by atoms with Crippen LogP contribution < -0.4 is 0 Å². The highest BCUT2D eigenvalue weighted by Gasteiger charge is 2.58. The van der Waals surface area contributed by atoms with Crippen LogP contribution in [0.5, 0.6) is 0 Å². The van der Waals surface area contributed by atoms with Gasteiger partial charge in [0.2, 0.25) is 0 Å². The van der Waals surface area contributed by atoms with Crippen molar-refractivity contribution < 1.29 is 4.79 Å². The molecule has 0 radical (unpaired) electrons. The summed E-state index contributed by atoms with van der Waals surface area (Å²) in [6, 6.07) is 0. The lowest BCUT2D eigenvalue weighted by Crippen LogP contribution is -2.38. The molecule has 3 rings (SSSR count). The lowest BCUT2D eigenvalue weighted by atomic mass is 9.75. The van der Waals surface area contributed by atoms with Crippen molar-refractivity contribution in [2.24, 2.45) is 29.6 Å². The maximum absolute atomic E-state index is 12.2. The zero-order valence-electron chi connectivity index (χ0n) is 9.78. The number of hydrogen-bond donors (Lipinski definition) is 0. The largest absolute Gasteiger partial charge is 0.309 e. The molecule has 0 aromatic carbocycles. The van der Waals surface area contributed by atoms with E-state index in [1.807, 2.05) is 0 Å². The van der Waals surface area contributed by atoms with E-state index in [2.05, 4.69) is 19.0 Å². The molecule has 0 amide bonds. The van der Waals surface area contributed by atoms with Gasteiger partial charge in [-0.05, 0) is 51.1 Å². The standard InChI is InChI=1S/C13H21NO/c1-14(2)7-12-10-6-11(13(12)15)9-5-3-4-8(9)10/h8-12H,3-7H2,1-2H3/t8-,9-,10+,11+,12+/m0/s1. The van der Waals surface area contributed by atoms with E-state index in [4.69, 9.17) is 0 Å². The molecule has 3 aliphatic carbocycles. The van der Waals surface area contributed by atoms with Gasteiger partial charge in [-0.3, -0.25) is 4.79 Å². The maximum Gasteiger partial charge on any atom is 0.140 e. The minimum Gasteiger partial charge on any atom is -0.309 e. The van der Waals surface area contributed by atoms with E-state index in [0.717, 1.165) is 24.3 Å². The van der Waals surface area contributed by atoms with Gasteiger partial charge >= 0.3 is 0 Å². The topological polar surface area (TPSA) is 20.3 Å². The van der Waals surface area contributed by atoms with Gasteiger partial charge in [0.15, 0.2) is 0 Å². The predicted molar refractivity (Wildman–Crippen MR) is 59.5 cm³/mol. The van der Waals surface area contributed by atoms with Crippen molar-refractivity contribution in [2.45, 2.75) is 25.7 Å². The van der Waals surface area contributed by atoms with Gasteiger partial charge in [-0.2, -0.15) is 0 Å². The summed E-state index contributed by atoms with van der Waals surface area (Å²) in [7, 11) is 4.18. The zero-order chi connectivity index (χ0) is 10.6. The second-order valence-corrected chi connectivity index (χ2v) is 6.04. The molecule has 0 spiro atoms. The van der Waals surface area contributed by atoms with E-state index in [9.17, 15) is 4.79 Å². The molecule has 2 bridgehead atoms. The number of nitrogens with zero attached hydrogens (tertiary/aromatic N) is 1. The Labute approximate surface area is 92.0 Å². The summed E-state index contributed by atoms with van der Waals surface area (Å²) in [6.45, 7) is 0.989. The summed E-state index contributed by atoms with van der Waals surface area (Å²) >= 11 is 0. The summed E-state index contributed by atoms with van der Waals surface area (Å²) in [6.07, 6.45) is 5.35. The molecule has 2 nitrogen and oxygen atoms in total. The third kappa shape index (κ3) is 1.30. The number of carbonyl (C=O) groups is 1. The van der Waals surface area contributed by atoms with Crippen LogP contribution in [-0.4, -0.2) is 31.3 Å². The first-order valence-corrected chi connectivity index (χ1v) is 6.37. The molecule has 0 heterocycles. The monoisotopic (exact) mass is 207 g/mol. The van der Waals surface area contributed by atoms with Gasteiger partial charge in [-0.15, -0.1) is 0 Å². The fourth-order valence-electron chi connectivity index (χ4n) is 4.59. The minimum absolute atomic E-state index is 0.379. The number of fused-ring (bicyclic) bond motifs is 5. The second-order valence-electron chi connectivity index (χ2n) is 6.04. The third-order valence-electron chi connectivity index (χ3n) is 5.03. The van der Waals surface area contributed by atoms with Crippen LogP contribution in [0.25, 0.3) is 0 Å². The van der Waals surface area contributed by atoms with Gasteiger partial charge in [-0.1, -0.05) is 6.42 Å². The Morgan fingerprint density at radius 2 is 1.93 bits per heavy atom. The van der Waals surface area contributed by atoms with E-state index in [1.165, 1.54) is 25.7 Å². The molecule has 5 atom stereocenters. The van der Waals surface area contributed by atoms with Crippen molar-refractivity contribution in [3.8, 4) is 0 Å². The molecule has 0 aliphatic heterocycles. The number of hydrogen-bond acceptors (Lipinski definition) is 2.